The summed E-state index contributed by atoms with van der Waals surface area (Å²) in [4.78, 5) is 10.7. The van der Waals surface area contributed by atoms with E-state index in [1.54, 1.807) is 19.1 Å². The molecule has 0 amide bonds. The molecule has 13 heavy (non-hydrogen) atoms. The molecule has 0 radical (unpaired) electrons. The van der Waals surface area contributed by atoms with Crippen molar-refractivity contribution in [1.82, 2.24) is 0 Å². The van der Waals surface area contributed by atoms with Gasteiger partial charge in [0.1, 0.15) is 5.92 Å². The minimum atomic E-state index is -0.689. The van der Waals surface area contributed by atoms with Crippen molar-refractivity contribution in [2.75, 3.05) is 6.61 Å². The second-order valence-corrected chi connectivity index (χ2v) is 2.20. The fraction of sp³-hybridized carbons (Fsp3) is 0.444. The standard InChI is InChI=1S/C9H10N2O2/c1-2-13-9(12)5-3-4-8(6-10)7-11/h3,5,8H,2,4H2,1H3/b5-3+. The summed E-state index contributed by atoms with van der Waals surface area (Å²) in [6.45, 7) is 2.03. The zero-order chi connectivity index (χ0) is 10.1. The molecule has 0 fully saturated rings. The van der Waals surface area contributed by atoms with E-state index in [1.807, 2.05) is 0 Å². The lowest BCUT2D eigenvalue weighted by Gasteiger charge is -1.94. The van der Waals surface area contributed by atoms with Crippen LogP contribution in [0.15, 0.2) is 12.2 Å². The number of carbonyl (C=O) groups excluding carboxylic acids is 1. The van der Waals surface area contributed by atoms with Crippen LogP contribution in [0.4, 0.5) is 0 Å². The van der Waals surface area contributed by atoms with E-state index in [9.17, 15) is 4.79 Å². The fourth-order valence-electron chi connectivity index (χ4n) is 0.625. The Kier molecular flexibility index (Phi) is 5.92. The van der Waals surface area contributed by atoms with Crippen molar-refractivity contribution in [3.05, 3.63) is 12.2 Å². The van der Waals surface area contributed by atoms with Gasteiger partial charge < -0.3 is 4.74 Å². The molecule has 0 spiro atoms. The van der Waals surface area contributed by atoms with Gasteiger partial charge in [0.2, 0.25) is 0 Å². The van der Waals surface area contributed by atoms with Crippen molar-refractivity contribution in [2.45, 2.75) is 13.3 Å². The molecule has 0 saturated carbocycles. The molecule has 0 aromatic carbocycles. The molecule has 0 saturated heterocycles. The maximum atomic E-state index is 10.7. The fourth-order valence-corrected chi connectivity index (χ4v) is 0.625. The molecule has 4 heteroatoms. The minimum Gasteiger partial charge on any atom is -0.463 e. The first kappa shape index (κ1) is 11.2. The van der Waals surface area contributed by atoms with Crippen molar-refractivity contribution in [1.29, 1.82) is 10.5 Å². The van der Waals surface area contributed by atoms with Gasteiger partial charge in [-0.2, -0.15) is 10.5 Å². The van der Waals surface area contributed by atoms with Gasteiger partial charge in [-0.25, -0.2) is 4.79 Å². The van der Waals surface area contributed by atoms with E-state index in [1.165, 1.54) is 12.2 Å². The normalized spacial score (nSPS) is 9.54. The van der Waals surface area contributed by atoms with E-state index in [0.29, 0.717) is 6.61 Å². The molecular weight excluding hydrogens is 168 g/mol. The number of hydrogen-bond acceptors (Lipinski definition) is 4. The van der Waals surface area contributed by atoms with Gasteiger partial charge in [-0.15, -0.1) is 0 Å². The summed E-state index contributed by atoms with van der Waals surface area (Å²) in [5.41, 5.74) is 0. The smallest absolute Gasteiger partial charge is 0.330 e. The van der Waals surface area contributed by atoms with Crippen LogP contribution in [0, 0.1) is 28.6 Å². The van der Waals surface area contributed by atoms with Gasteiger partial charge in [-0.3, -0.25) is 0 Å². The molecule has 0 aromatic rings. The maximum absolute atomic E-state index is 10.7. The van der Waals surface area contributed by atoms with E-state index in [0.717, 1.165) is 0 Å². The van der Waals surface area contributed by atoms with Crippen LogP contribution in [0.25, 0.3) is 0 Å². The quantitative estimate of drug-likeness (QED) is 0.478. The Bertz CT molecular complexity index is 256. The molecule has 0 aliphatic heterocycles. The van der Waals surface area contributed by atoms with Crippen LogP contribution in [-0.2, 0) is 9.53 Å². The second-order valence-electron chi connectivity index (χ2n) is 2.20. The Morgan fingerprint density at radius 2 is 2.15 bits per heavy atom. The second kappa shape index (κ2) is 6.87. The van der Waals surface area contributed by atoms with Gasteiger partial charge in [0.25, 0.3) is 0 Å². The molecular formula is C9H10N2O2. The van der Waals surface area contributed by atoms with Gasteiger partial charge >= 0.3 is 5.97 Å². The maximum Gasteiger partial charge on any atom is 0.330 e. The molecule has 0 heterocycles. The third kappa shape index (κ3) is 5.46. The summed E-state index contributed by atoms with van der Waals surface area (Å²) in [6.07, 6.45) is 2.95. The summed E-state index contributed by atoms with van der Waals surface area (Å²) >= 11 is 0. The Morgan fingerprint density at radius 3 is 2.62 bits per heavy atom. The molecule has 0 aliphatic rings. The Labute approximate surface area is 77.0 Å². The number of esters is 1. The van der Waals surface area contributed by atoms with Crippen LogP contribution in [0.2, 0.25) is 0 Å². The van der Waals surface area contributed by atoms with Crippen LogP contribution in [0.3, 0.4) is 0 Å². The lowest BCUT2D eigenvalue weighted by atomic mass is 10.1. The zero-order valence-electron chi connectivity index (χ0n) is 7.36. The average molecular weight is 178 g/mol. The molecule has 0 aliphatic carbocycles. The van der Waals surface area contributed by atoms with Crippen molar-refractivity contribution in [3.8, 4) is 12.1 Å². The van der Waals surface area contributed by atoms with Crippen molar-refractivity contribution in [2.24, 2.45) is 5.92 Å². The van der Waals surface area contributed by atoms with E-state index >= 15 is 0 Å². The molecule has 0 aromatic heterocycles. The Hall–Kier alpha value is -1.81. The third-order valence-corrected chi connectivity index (χ3v) is 1.22. The number of rotatable bonds is 4. The van der Waals surface area contributed by atoms with Gasteiger partial charge in [0.05, 0.1) is 18.7 Å². The number of carbonyl (C=O) groups is 1. The largest absolute Gasteiger partial charge is 0.463 e. The Balaban J connectivity index is 3.83. The van der Waals surface area contributed by atoms with Crippen LogP contribution < -0.4 is 0 Å². The van der Waals surface area contributed by atoms with Gasteiger partial charge in [-0.1, -0.05) is 6.08 Å². The van der Waals surface area contributed by atoms with Crippen LogP contribution in [-0.4, -0.2) is 12.6 Å². The first-order chi connectivity index (χ1) is 6.24. The van der Waals surface area contributed by atoms with Crippen molar-refractivity contribution < 1.29 is 9.53 Å². The minimum absolute atomic E-state index is 0.256. The highest BCUT2D eigenvalue weighted by atomic mass is 16.5. The molecule has 68 valence electrons. The molecule has 0 bridgehead atoms. The summed E-state index contributed by atoms with van der Waals surface area (Å²) in [7, 11) is 0. The molecule has 4 nitrogen and oxygen atoms in total. The number of nitrogens with zero attached hydrogens (tertiary/aromatic N) is 2. The first-order valence-electron chi connectivity index (χ1n) is 3.87. The Morgan fingerprint density at radius 1 is 1.54 bits per heavy atom. The lowest BCUT2D eigenvalue weighted by Crippen LogP contribution is -1.99. The third-order valence-electron chi connectivity index (χ3n) is 1.22. The van der Waals surface area contributed by atoms with Crippen molar-refractivity contribution >= 4 is 5.97 Å². The van der Waals surface area contributed by atoms with E-state index in [2.05, 4.69) is 4.74 Å². The summed E-state index contributed by atoms with van der Waals surface area (Å²) in [5, 5.41) is 16.7. The van der Waals surface area contributed by atoms with E-state index in [-0.39, 0.29) is 6.42 Å². The van der Waals surface area contributed by atoms with E-state index in [4.69, 9.17) is 10.5 Å². The molecule has 0 N–H and O–H groups in total. The summed E-state index contributed by atoms with van der Waals surface area (Å²) in [5.74, 6) is -1.14. The highest BCUT2D eigenvalue weighted by Crippen LogP contribution is 2.00. The monoisotopic (exact) mass is 178 g/mol. The molecule has 0 unspecified atom stereocenters. The zero-order valence-corrected chi connectivity index (χ0v) is 7.36. The molecule has 0 rings (SSSR count). The van der Waals surface area contributed by atoms with Crippen LogP contribution in [0.1, 0.15) is 13.3 Å². The predicted molar refractivity (Wildman–Crippen MR) is 45.1 cm³/mol. The summed E-state index contributed by atoms with van der Waals surface area (Å²) in [6, 6.07) is 3.59. The highest BCUT2D eigenvalue weighted by Gasteiger charge is 2.01. The lowest BCUT2D eigenvalue weighted by molar-refractivity contribution is -0.137. The van der Waals surface area contributed by atoms with Crippen molar-refractivity contribution in [3.63, 3.8) is 0 Å². The van der Waals surface area contributed by atoms with Crippen LogP contribution >= 0.6 is 0 Å². The van der Waals surface area contributed by atoms with Gasteiger partial charge in [0.15, 0.2) is 0 Å². The van der Waals surface area contributed by atoms with E-state index < -0.39 is 11.9 Å². The first-order valence-corrected chi connectivity index (χ1v) is 3.87. The predicted octanol–water partition coefficient (Wildman–Crippen LogP) is 1.16. The van der Waals surface area contributed by atoms with Crippen LogP contribution in [0.5, 0.6) is 0 Å². The number of nitriles is 2. The van der Waals surface area contributed by atoms with Gasteiger partial charge in [0, 0.05) is 6.08 Å². The van der Waals surface area contributed by atoms with Gasteiger partial charge in [-0.05, 0) is 13.3 Å². The topological polar surface area (TPSA) is 73.9 Å². The number of ether oxygens (including phenoxy) is 1. The SMILES string of the molecule is CCOC(=O)/C=C/CC(C#N)C#N. The average Bonchev–Trinajstić information content (AvgIpc) is 2.13. The highest BCUT2D eigenvalue weighted by molar-refractivity contribution is 5.81. The number of allylic oxidation sites excluding steroid dienone is 1. The number of hydrogen-bond donors (Lipinski definition) is 0. The molecule has 0 atom stereocenters. The summed E-state index contributed by atoms with van der Waals surface area (Å²) < 4.78 is 4.60.